The van der Waals surface area contributed by atoms with Crippen LogP contribution in [0.15, 0.2) is 60.7 Å². The molecule has 0 radical (unpaired) electrons. The van der Waals surface area contributed by atoms with Crippen molar-refractivity contribution in [1.82, 2.24) is 4.90 Å². The molecule has 2 aromatic carbocycles. The van der Waals surface area contributed by atoms with E-state index in [9.17, 15) is 0 Å². The molecule has 2 heteroatoms. The molecular weight excluding hydrogens is 282 g/mol. The van der Waals surface area contributed by atoms with Crippen LogP contribution in [0, 0.1) is 0 Å². The maximum Gasteiger partial charge on any atom is 0.0811 e. The Hall–Kier alpha value is -1.64. The molecule has 1 unspecified atom stereocenters. The third-order valence-corrected chi connectivity index (χ3v) is 4.69. The molecule has 0 aromatic heterocycles. The number of unbranched alkanes of at least 4 members (excludes halogenated alkanes) is 1. The van der Waals surface area contributed by atoms with Crippen LogP contribution in [0.2, 0.25) is 0 Å². The molecule has 1 aliphatic rings. The number of rotatable bonds is 6. The van der Waals surface area contributed by atoms with Gasteiger partial charge in [-0.2, -0.15) is 0 Å². The second-order valence-corrected chi connectivity index (χ2v) is 6.36. The van der Waals surface area contributed by atoms with E-state index in [0.29, 0.717) is 5.92 Å². The Labute approximate surface area is 140 Å². The van der Waals surface area contributed by atoms with Crippen LogP contribution in [-0.4, -0.2) is 37.2 Å². The molecule has 23 heavy (non-hydrogen) atoms. The first-order chi connectivity index (χ1) is 11.4. The molecule has 1 heterocycles. The zero-order chi connectivity index (χ0) is 15.9. The fourth-order valence-electron chi connectivity index (χ4n) is 3.46. The van der Waals surface area contributed by atoms with Crippen molar-refractivity contribution in [2.75, 3.05) is 26.2 Å². The van der Waals surface area contributed by atoms with Gasteiger partial charge < -0.3 is 4.74 Å². The van der Waals surface area contributed by atoms with Gasteiger partial charge in [0.05, 0.1) is 12.7 Å². The Morgan fingerprint density at radius 2 is 1.61 bits per heavy atom. The van der Waals surface area contributed by atoms with Crippen LogP contribution >= 0.6 is 0 Å². The number of hydrogen-bond donors (Lipinski definition) is 0. The maximum absolute atomic E-state index is 6.22. The van der Waals surface area contributed by atoms with E-state index < -0.39 is 0 Å². The lowest BCUT2D eigenvalue weighted by atomic mass is 9.86. The van der Waals surface area contributed by atoms with Crippen LogP contribution in [0.1, 0.15) is 36.8 Å². The summed E-state index contributed by atoms with van der Waals surface area (Å²) in [6.45, 7) is 6.37. The molecular formula is C21H27NO. The van der Waals surface area contributed by atoms with Crippen LogP contribution in [0.4, 0.5) is 0 Å². The average Bonchev–Trinajstić information content (AvgIpc) is 2.62. The van der Waals surface area contributed by atoms with Crippen molar-refractivity contribution in [3.63, 3.8) is 0 Å². The molecule has 0 amide bonds. The van der Waals surface area contributed by atoms with Crippen LogP contribution in [-0.2, 0) is 4.74 Å². The quantitative estimate of drug-likeness (QED) is 0.788. The number of nitrogens with zero attached hydrogens (tertiary/aromatic N) is 1. The molecule has 3 rings (SSSR count). The van der Waals surface area contributed by atoms with E-state index in [1.807, 2.05) is 0 Å². The number of ether oxygens (including phenoxy) is 1. The molecule has 2 nitrogen and oxygen atoms in total. The van der Waals surface area contributed by atoms with Gasteiger partial charge in [0.1, 0.15) is 0 Å². The highest BCUT2D eigenvalue weighted by molar-refractivity contribution is 5.34. The first-order valence-electron chi connectivity index (χ1n) is 8.82. The second-order valence-electron chi connectivity index (χ2n) is 6.36. The minimum absolute atomic E-state index is 0.227. The lowest BCUT2D eigenvalue weighted by molar-refractivity contribution is -0.0361. The SMILES string of the molecule is CCCCN1CCOC(C(c2ccccc2)c2ccccc2)C1. The molecule has 122 valence electrons. The minimum atomic E-state index is 0.227. The predicted molar refractivity (Wildman–Crippen MR) is 95.8 cm³/mol. The van der Waals surface area contributed by atoms with E-state index in [2.05, 4.69) is 72.5 Å². The van der Waals surface area contributed by atoms with Crippen molar-refractivity contribution < 1.29 is 4.74 Å². The third kappa shape index (κ3) is 4.21. The van der Waals surface area contributed by atoms with Crippen molar-refractivity contribution in [2.24, 2.45) is 0 Å². The Morgan fingerprint density at radius 1 is 1.00 bits per heavy atom. The highest BCUT2D eigenvalue weighted by Crippen LogP contribution is 2.31. The van der Waals surface area contributed by atoms with Crippen LogP contribution < -0.4 is 0 Å². The number of hydrogen-bond acceptors (Lipinski definition) is 2. The molecule has 0 saturated carbocycles. The summed E-state index contributed by atoms with van der Waals surface area (Å²) in [7, 11) is 0. The van der Waals surface area contributed by atoms with Crippen LogP contribution in [0.25, 0.3) is 0 Å². The first-order valence-corrected chi connectivity index (χ1v) is 8.82. The molecule has 2 aromatic rings. The van der Waals surface area contributed by atoms with E-state index in [4.69, 9.17) is 4.74 Å². The summed E-state index contributed by atoms with van der Waals surface area (Å²) in [6, 6.07) is 21.6. The average molecular weight is 309 g/mol. The van der Waals surface area contributed by atoms with E-state index >= 15 is 0 Å². The number of morpholine rings is 1. The van der Waals surface area contributed by atoms with Crippen molar-refractivity contribution >= 4 is 0 Å². The lowest BCUT2D eigenvalue weighted by Crippen LogP contribution is -2.45. The normalized spacial score (nSPS) is 19.1. The summed E-state index contributed by atoms with van der Waals surface area (Å²) < 4.78 is 6.22. The Balaban J connectivity index is 1.83. The molecule has 1 aliphatic heterocycles. The molecule has 0 aliphatic carbocycles. The summed E-state index contributed by atoms with van der Waals surface area (Å²) >= 11 is 0. The Morgan fingerprint density at radius 3 is 2.17 bits per heavy atom. The fraction of sp³-hybridized carbons (Fsp3) is 0.429. The Bertz CT molecular complexity index is 529. The van der Waals surface area contributed by atoms with Crippen molar-refractivity contribution in [3.8, 4) is 0 Å². The molecule has 0 bridgehead atoms. The summed E-state index contributed by atoms with van der Waals surface area (Å²) in [5, 5.41) is 0. The Kier molecular flexibility index (Phi) is 5.84. The topological polar surface area (TPSA) is 12.5 Å². The van der Waals surface area contributed by atoms with E-state index in [1.165, 1.54) is 30.5 Å². The van der Waals surface area contributed by atoms with Gasteiger partial charge in [0.15, 0.2) is 0 Å². The summed E-state index contributed by atoms with van der Waals surface area (Å²) in [6.07, 6.45) is 2.75. The lowest BCUT2D eigenvalue weighted by Gasteiger charge is -2.37. The van der Waals surface area contributed by atoms with Crippen LogP contribution in [0.5, 0.6) is 0 Å². The zero-order valence-electron chi connectivity index (χ0n) is 14.0. The van der Waals surface area contributed by atoms with E-state index in [-0.39, 0.29) is 6.10 Å². The summed E-state index contributed by atoms with van der Waals surface area (Å²) in [5.41, 5.74) is 2.70. The largest absolute Gasteiger partial charge is 0.375 e. The highest BCUT2D eigenvalue weighted by Gasteiger charge is 2.30. The van der Waals surface area contributed by atoms with Crippen molar-refractivity contribution in [1.29, 1.82) is 0 Å². The number of benzene rings is 2. The van der Waals surface area contributed by atoms with Gasteiger partial charge in [0, 0.05) is 19.0 Å². The van der Waals surface area contributed by atoms with Gasteiger partial charge in [0.2, 0.25) is 0 Å². The summed E-state index contributed by atoms with van der Waals surface area (Å²) in [4.78, 5) is 2.57. The highest BCUT2D eigenvalue weighted by atomic mass is 16.5. The molecule has 1 saturated heterocycles. The van der Waals surface area contributed by atoms with Crippen molar-refractivity contribution in [2.45, 2.75) is 31.8 Å². The molecule has 0 N–H and O–H groups in total. The zero-order valence-corrected chi connectivity index (χ0v) is 14.0. The van der Waals surface area contributed by atoms with Gasteiger partial charge in [-0.25, -0.2) is 0 Å². The standard InChI is InChI=1S/C21H27NO/c1-2-3-14-22-15-16-23-20(17-22)21(18-10-6-4-7-11-18)19-12-8-5-9-13-19/h4-13,20-21H,2-3,14-17H2,1H3. The monoisotopic (exact) mass is 309 g/mol. The maximum atomic E-state index is 6.22. The van der Waals surface area contributed by atoms with Gasteiger partial charge in [-0.15, -0.1) is 0 Å². The van der Waals surface area contributed by atoms with Gasteiger partial charge in [-0.05, 0) is 24.1 Å². The van der Waals surface area contributed by atoms with E-state index in [1.54, 1.807) is 0 Å². The smallest absolute Gasteiger partial charge is 0.0811 e. The van der Waals surface area contributed by atoms with Gasteiger partial charge in [0.25, 0.3) is 0 Å². The van der Waals surface area contributed by atoms with Gasteiger partial charge >= 0.3 is 0 Å². The first kappa shape index (κ1) is 16.2. The van der Waals surface area contributed by atoms with Crippen molar-refractivity contribution in [3.05, 3.63) is 71.8 Å². The van der Waals surface area contributed by atoms with Crippen LogP contribution in [0.3, 0.4) is 0 Å². The molecule has 1 atom stereocenters. The summed E-state index contributed by atoms with van der Waals surface area (Å²) in [5.74, 6) is 0.307. The van der Waals surface area contributed by atoms with Gasteiger partial charge in [-0.3, -0.25) is 4.90 Å². The third-order valence-electron chi connectivity index (χ3n) is 4.69. The minimum Gasteiger partial charge on any atom is -0.375 e. The second kappa shape index (κ2) is 8.28. The predicted octanol–water partition coefficient (Wildman–Crippen LogP) is 4.32. The molecule has 1 fully saturated rings. The van der Waals surface area contributed by atoms with E-state index in [0.717, 1.165) is 19.7 Å². The molecule has 0 spiro atoms. The fourth-order valence-corrected chi connectivity index (χ4v) is 3.46. The van der Waals surface area contributed by atoms with Gasteiger partial charge in [-0.1, -0.05) is 74.0 Å².